The van der Waals surface area contributed by atoms with E-state index in [1.165, 1.54) is 51.6 Å². The third-order valence-corrected chi connectivity index (χ3v) is 16.6. The van der Waals surface area contributed by atoms with Crippen LogP contribution >= 0.6 is 11.6 Å². The molecule has 15 heteroatoms. The van der Waals surface area contributed by atoms with Crippen molar-refractivity contribution in [3.8, 4) is 11.8 Å². The normalized spacial score (nSPS) is 21.9. The van der Waals surface area contributed by atoms with Crippen molar-refractivity contribution in [1.29, 1.82) is 5.26 Å². The number of piperidine rings is 5. The van der Waals surface area contributed by atoms with Gasteiger partial charge in [0.2, 0.25) is 17.8 Å². The zero-order chi connectivity index (χ0) is 47.9. The SMILES string of the molecule is CC(C)(c1ccc(OCc2ccnc(N3CCC4(CC3)CCN(C3CCN(CC5CCN(c6ccc7c(c6)C(=O)N(C6CCC(=O)NC6=O)C7=O)CC5)CC3)CC4)n2)cc1)c1cc(Cl)cc(C#N)c1. The van der Waals surface area contributed by atoms with Gasteiger partial charge in [0, 0.05) is 67.5 Å². The van der Waals surface area contributed by atoms with Gasteiger partial charge < -0.3 is 24.3 Å². The first-order valence-electron chi connectivity index (χ1n) is 24.9. The number of amides is 4. The van der Waals surface area contributed by atoms with Crippen LogP contribution in [0, 0.1) is 22.7 Å². The van der Waals surface area contributed by atoms with E-state index in [0.29, 0.717) is 45.7 Å². The highest BCUT2D eigenvalue weighted by Crippen LogP contribution is 2.43. The molecule has 7 heterocycles. The van der Waals surface area contributed by atoms with Crippen molar-refractivity contribution in [3.05, 3.63) is 111 Å². The van der Waals surface area contributed by atoms with Crippen LogP contribution in [0.25, 0.3) is 0 Å². The van der Waals surface area contributed by atoms with E-state index in [-0.39, 0.29) is 24.2 Å². The molecule has 14 nitrogen and oxygen atoms in total. The maximum atomic E-state index is 13.4. The molecule has 1 atom stereocenters. The van der Waals surface area contributed by atoms with E-state index in [0.717, 1.165) is 97.8 Å². The summed E-state index contributed by atoms with van der Waals surface area (Å²) in [7, 11) is 0. The highest BCUT2D eigenvalue weighted by Gasteiger charge is 2.45. The van der Waals surface area contributed by atoms with Crippen molar-refractivity contribution in [2.45, 2.75) is 102 Å². The van der Waals surface area contributed by atoms with Gasteiger partial charge in [-0.25, -0.2) is 9.97 Å². The molecule has 5 fully saturated rings. The van der Waals surface area contributed by atoms with Gasteiger partial charge in [0.15, 0.2) is 0 Å². The minimum Gasteiger partial charge on any atom is -0.487 e. The number of rotatable bonds is 11. The molecule has 3 aromatic carbocycles. The van der Waals surface area contributed by atoms with Crippen LogP contribution in [0.4, 0.5) is 11.6 Å². The van der Waals surface area contributed by atoms with Crippen molar-refractivity contribution in [1.82, 2.24) is 30.0 Å². The summed E-state index contributed by atoms with van der Waals surface area (Å²) in [5.74, 6) is 0.294. The number of likely N-dealkylation sites (tertiary alicyclic amines) is 2. The Bertz CT molecular complexity index is 2630. The zero-order valence-electron chi connectivity index (χ0n) is 39.8. The molecule has 6 aliphatic heterocycles. The molecule has 0 radical (unpaired) electrons. The van der Waals surface area contributed by atoms with Gasteiger partial charge >= 0.3 is 0 Å². The molecule has 1 aromatic heterocycles. The minimum absolute atomic E-state index is 0.107. The van der Waals surface area contributed by atoms with Crippen molar-refractivity contribution in [2.24, 2.45) is 11.3 Å². The Kier molecular flexibility index (Phi) is 13.2. The van der Waals surface area contributed by atoms with E-state index in [4.69, 9.17) is 21.3 Å². The second-order valence-electron chi connectivity index (χ2n) is 20.8. The number of carbonyl (C=O) groups excluding carboxylic acids is 4. The monoisotopic (exact) mass is 951 g/mol. The van der Waals surface area contributed by atoms with Gasteiger partial charge in [-0.3, -0.25) is 29.4 Å². The number of ether oxygens (including phenoxy) is 1. The quantitative estimate of drug-likeness (QED) is 0.149. The lowest BCUT2D eigenvalue weighted by Crippen LogP contribution is -2.54. The number of nitriles is 1. The number of hydrogen-bond acceptors (Lipinski definition) is 12. The minimum atomic E-state index is -0.955. The summed E-state index contributed by atoms with van der Waals surface area (Å²) in [6, 6.07) is 22.9. The molecule has 360 valence electrons. The van der Waals surface area contributed by atoms with Gasteiger partial charge in [-0.2, -0.15) is 5.26 Å². The van der Waals surface area contributed by atoms with E-state index in [1.807, 2.05) is 48.7 Å². The second-order valence-corrected chi connectivity index (χ2v) is 21.2. The number of nitrogens with one attached hydrogen (secondary N) is 1. The number of carbonyl (C=O) groups is 4. The zero-order valence-corrected chi connectivity index (χ0v) is 40.6. The molecule has 1 unspecified atom stereocenters. The van der Waals surface area contributed by atoms with Crippen molar-refractivity contribution >= 4 is 46.9 Å². The average molecular weight is 953 g/mol. The third-order valence-electron chi connectivity index (χ3n) is 16.4. The highest BCUT2D eigenvalue weighted by molar-refractivity contribution is 6.30. The van der Waals surface area contributed by atoms with Crippen LogP contribution in [0.15, 0.2) is 72.9 Å². The van der Waals surface area contributed by atoms with Crippen LogP contribution < -0.4 is 19.9 Å². The predicted molar refractivity (Wildman–Crippen MR) is 263 cm³/mol. The lowest BCUT2D eigenvalue weighted by molar-refractivity contribution is -0.136. The average Bonchev–Trinajstić information content (AvgIpc) is 3.61. The number of halogens is 1. The Morgan fingerprint density at radius 2 is 1.49 bits per heavy atom. The molecular weight excluding hydrogens is 890 g/mol. The van der Waals surface area contributed by atoms with Crippen LogP contribution in [-0.2, 0) is 21.6 Å². The maximum Gasteiger partial charge on any atom is 0.262 e. The van der Waals surface area contributed by atoms with Gasteiger partial charge in [0.05, 0.1) is 28.5 Å². The number of aromatic nitrogens is 2. The molecule has 1 spiro atoms. The van der Waals surface area contributed by atoms with Crippen LogP contribution in [-0.4, -0.2) is 119 Å². The topological polar surface area (TPSA) is 155 Å². The first kappa shape index (κ1) is 46.8. The largest absolute Gasteiger partial charge is 0.487 e. The summed E-state index contributed by atoms with van der Waals surface area (Å²) in [5, 5.41) is 12.3. The molecule has 0 aliphatic carbocycles. The lowest BCUT2D eigenvalue weighted by Gasteiger charge is -2.49. The van der Waals surface area contributed by atoms with E-state index in [1.54, 1.807) is 12.1 Å². The fourth-order valence-electron chi connectivity index (χ4n) is 11.8. The Morgan fingerprint density at radius 3 is 2.20 bits per heavy atom. The molecule has 4 aromatic rings. The summed E-state index contributed by atoms with van der Waals surface area (Å²) in [6.45, 7) is 14.2. The number of benzene rings is 3. The van der Waals surface area contributed by atoms with Gasteiger partial charge in [0.1, 0.15) is 18.4 Å². The second kappa shape index (κ2) is 19.5. The Balaban J connectivity index is 0.636. The van der Waals surface area contributed by atoms with Crippen LogP contribution in [0.1, 0.15) is 121 Å². The van der Waals surface area contributed by atoms with Crippen LogP contribution in [0.3, 0.4) is 0 Å². The molecule has 0 saturated carbocycles. The van der Waals surface area contributed by atoms with Gasteiger partial charge in [-0.05, 0) is 161 Å². The lowest BCUT2D eigenvalue weighted by atomic mass is 9.71. The molecule has 1 N–H and O–H groups in total. The fraction of sp³-hybridized carbons (Fsp3) is 0.500. The molecule has 0 bridgehead atoms. The molecule has 4 amide bonds. The molecule has 10 rings (SSSR count). The van der Waals surface area contributed by atoms with Gasteiger partial charge in [-0.15, -0.1) is 0 Å². The molecule has 6 aliphatic rings. The molecule has 5 saturated heterocycles. The highest BCUT2D eigenvalue weighted by atomic mass is 35.5. The summed E-state index contributed by atoms with van der Waals surface area (Å²) < 4.78 is 6.19. The standard InChI is InChI=1S/C54H62ClN9O5/c1-53(2,39-29-37(33-56)30-40(55)31-39)38-3-6-44(7-4-38)69-35-41-11-20-57-52(58-41)63-27-18-54(19-28-63)16-25-62(26-17-54)42-14-21-60(22-15-42)34-36-12-23-61(24-13-36)43-5-8-45-46(32-43)51(68)64(50(45)67)47-9-10-48(65)59-49(47)66/h3-8,11,20,29-32,36,42,47H,9-10,12-19,21-28,34-35H2,1-2H3,(H,59,65,66). The summed E-state index contributed by atoms with van der Waals surface area (Å²) in [5.41, 5.74) is 5.15. The summed E-state index contributed by atoms with van der Waals surface area (Å²) >= 11 is 6.33. The van der Waals surface area contributed by atoms with Crippen molar-refractivity contribution in [2.75, 3.05) is 68.7 Å². The van der Waals surface area contributed by atoms with E-state index in [2.05, 4.69) is 61.9 Å². The van der Waals surface area contributed by atoms with Crippen LogP contribution in [0.2, 0.25) is 5.02 Å². The van der Waals surface area contributed by atoms with E-state index in [9.17, 15) is 24.4 Å². The van der Waals surface area contributed by atoms with Gasteiger partial charge in [0.25, 0.3) is 11.8 Å². The fourth-order valence-corrected chi connectivity index (χ4v) is 12.1. The number of imide groups is 2. The Hall–Kier alpha value is -5.88. The van der Waals surface area contributed by atoms with E-state index >= 15 is 0 Å². The first-order valence-corrected chi connectivity index (χ1v) is 25.3. The summed E-state index contributed by atoms with van der Waals surface area (Å²) in [4.78, 5) is 71.5. The first-order chi connectivity index (χ1) is 33.3. The molecule has 69 heavy (non-hydrogen) atoms. The van der Waals surface area contributed by atoms with Crippen LogP contribution in [0.5, 0.6) is 5.75 Å². The third kappa shape index (κ3) is 9.83. The summed E-state index contributed by atoms with van der Waals surface area (Å²) in [6.07, 6.45) is 11.6. The van der Waals surface area contributed by atoms with Gasteiger partial charge in [-0.1, -0.05) is 37.6 Å². The predicted octanol–water partition coefficient (Wildman–Crippen LogP) is 7.37. The molecular formula is C54H62ClN9O5. The number of nitrogens with zero attached hydrogens (tertiary/aromatic N) is 8. The Morgan fingerprint density at radius 1 is 0.783 bits per heavy atom. The van der Waals surface area contributed by atoms with Crippen molar-refractivity contribution in [3.63, 3.8) is 0 Å². The number of hydrogen-bond donors (Lipinski definition) is 1. The smallest absolute Gasteiger partial charge is 0.262 e. The Labute approximate surface area is 409 Å². The maximum absolute atomic E-state index is 13.4. The number of fused-ring (bicyclic) bond motifs is 1. The number of anilines is 2. The van der Waals surface area contributed by atoms with Crippen molar-refractivity contribution < 1.29 is 23.9 Å². The van der Waals surface area contributed by atoms with E-state index < -0.39 is 23.8 Å².